The van der Waals surface area contributed by atoms with Crippen molar-refractivity contribution in [3.8, 4) is 16.2 Å². The Kier molecular flexibility index (Phi) is 3.53. The lowest BCUT2D eigenvalue weighted by atomic mass is 10.2. The zero-order valence-corrected chi connectivity index (χ0v) is 12.1. The molecular formula is C15H13NOS2. The molecule has 19 heavy (non-hydrogen) atoms. The van der Waals surface area contributed by atoms with Gasteiger partial charge in [0, 0.05) is 21.5 Å². The van der Waals surface area contributed by atoms with E-state index >= 15 is 0 Å². The van der Waals surface area contributed by atoms with Crippen molar-refractivity contribution in [1.82, 2.24) is 0 Å². The van der Waals surface area contributed by atoms with Crippen molar-refractivity contribution in [3.63, 3.8) is 0 Å². The first-order chi connectivity index (χ1) is 9.35. The van der Waals surface area contributed by atoms with Gasteiger partial charge in [0.25, 0.3) is 0 Å². The van der Waals surface area contributed by atoms with Crippen LogP contribution in [0.4, 0.5) is 10.7 Å². The molecule has 0 atom stereocenters. The standard InChI is InChI=1S/C15H13NOS2/c1-17-13-6-4-12(5-7-13)16-15-9-11(10-19-15)14-3-2-8-18-14/h2-10,16H,1H3. The van der Waals surface area contributed by atoms with Crippen molar-refractivity contribution in [2.24, 2.45) is 0 Å². The molecule has 0 saturated carbocycles. The van der Waals surface area contributed by atoms with Crippen LogP contribution in [0.3, 0.4) is 0 Å². The molecule has 0 aliphatic heterocycles. The number of benzene rings is 1. The summed E-state index contributed by atoms with van der Waals surface area (Å²) in [5, 5.41) is 8.83. The molecule has 2 heterocycles. The lowest BCUT2D eigenvalue weighted by Gasteiger charge is -2.04. The molecule has 3 aromatic rings. The van der Waals surface area contributed by atoms with Gasteiger partial charge in [-0.3, -0.25) is 0 Å². The predicted octanol–water partition coefficient (Wildman–Crippen LogP) is 5.23. The highest BCUT2D eigenvalue weighted by atomic mass is 32.1. The number of thiophene rings is 2. The van der Waals surface area contributed by atoms with Gasteiger partial charge in [0.15, 0.2) is 0 Å². The van der Waals surface area contributed by atoms with E-state index in [0.29, 0.717) is 0 Å². The third kappa shape index (κ3) is 2.80. The van der Waals surface area contributed by atoms with Crippen molar-refractivity contribution < 1.29 is 4.74 Å². The molecule has 0 amide bonds. The van der Waals surface area contributed by atoms with Gasteiger partial charge in [-0.25, -0.2) is 0 Å². The normalized spacial score (nSPS) is 10.4. The van der Waals surface area contributed by atoms with Gasteiger partial charge in [-0.05, 0) is 41.8 Å². The minimum absolute atomic E-state index is 0.871. The second-order valence-electron chi connectivity index (χ2n) is 4.03. The molecule has 0 fully saturated rings. The zero-order valence-electron chi connectivity index (χ0n) is 10.4. The van der Waals surface area contributed by atoms with Gasteiger partial charge in [0.1, 0.15) is 5.75 Å². The summed E-state index contributed by atoms with van der Waals surface area (Å²) >= 11 is 3.48. The maximum atomic E-state index is 5.15. The van der Waals surface area contributed by atoms with E-state index in [2.05, 4.69) is 34.3 Å². The summed E-state index contributed by atoms with van der Waals surface area (Å²) in [6, 6.07) is 14.3. The molecule has 1 aromatic carbocycles. The van der Waals surface area contributed by atoms with Gasteiger partial charge in [0.05, 0.1) is 12.1 Å². The topological polar surface area (TPSA) is 21.3 Å². The first-order valence-electron chi connectivity index (χ1n) is 5.88. The van der Waals surface area contributed by atoms with Gasteiger partial charge in [-0.1, -0.05) is 6.07 Å². The largest absolute Gasteiger partial charge is 0.497 e. The van der Waals surface area contributed by atoms with Gasteiger partial charge < -0.3 is 10.1 Å². The summed E-state index contributed by atoms with van der Waals surface area (Å²) in [7, 11) is 1.68. The lowest BCUT2D eigenvalue weighted by molar-refractivity contribution is 0.415. The molecule has 0 radical (unpaired) electrons. The Bertz CT molecular complexity index is 641. The quantitative estimate of drug-likeness (QED) is 0.709. The molecule has 0 aliphatic carbocycles. The van der Waals surface area contributed by atoms with E-state index in [9.17, 15) is 0 Å². The first-order valence-corrected chi connectivity index (χ1v) is 7.64. The smallest absolute Gasteiger partial charge is 0.119 e. The van der Waals surface area contributed by atoms with E-state index < -0.39 is 0 Å². The van der Waals surface area contributed by atoms with Gasteiger partial charge in [-0.15, -0.1) is 22.7 Å². The van der Waals surface area contributed by atoms with Crippen LogP contribution in [-0.2, 0) is 0 Å². The van der Waals surface area contributed by atoms with Gasteiger partial charge >= 0.3 is 0 Å². The van der Waals surface area contributed by atoms with E-state index in [0.717, 1.165) is 16.4 Å². The van der Waals surface area contributed by atoms with Crippen molar-refractivity contribution in [3.05, 3.63) is 53.2 Å². The summed E-state index contributed by atoms with van der Waals surface area (Å²) in [6.45, 7) is 0. The lowest BCUT2D eigenvalue weighted by Crippen LogP contribution is -1.87. The van der Waals surface area contributed by atoms with Crippen LogP contribution in [-0.4, -0.2) is 7.11 Å². The molecule has 2 nitrogen and oxygen atoms in total. The average Bonchev–Trinajstić information content (AvgIpc) is 3.10. The van der Waals surface area contributed by atoms with Crippen LogP contribution < -0.4 is 10.1 Å². The van der Waals surface area contributed by atoms with Gasteiger partial charge in [-0.2, -0.15) is 0 Å². The average molecular weight is 287 g/mol. The second-order valence-corrected chi connectivity index (χ2v) is 5.89. The Morgan fingerprint density at radius 3 is 2.58 bits per heavy atom. The zero-order chi connectivity index (χ0) is 13.1. The van der Waals surface area contributed by atoms with E-state index in [1.807, 2.05) is 24.3 Å². The van der Waals surface area contributed by atoms with Crippen LogP contribution in [0.25, 0.3) is 10.4 Å². The monoisotopic (exact) mass is 287 g/mol. The number of hydrogen-bond donors (Lipinski definition) is 1. The van der Waals surface area contributed by atoms with Crippen molar-refractivity contribution >= 4 is 33.4 Å². The molecule has 4 heteroatoms. The number of hydrogen-bond acceptors (Lipinski definition) is 4. The molecular weight excluding hydrogens is 274 g/mol. The van der Waals surface area contributed by atoms with Crippen LogP contribution in [0.2, 0.25) is 0 Å². The number of ether oxygens (including phenoxy) is 1. The third-order valence-corrected chi connectivity index (χ3v) is 4.53. The highest BCUT2D eigenvalue weighted by molar-refractivity contribution is 7.16. The fraction of sp³-hybridized carbons (Fsp3) is 0.0667. The molecule has 0 bridgehead atoms. The predicted molar refractivity (Wildman–Crippen MR) is 83.9 cm³/mol. The number of methoxy groups -OCH3 is 1. The van der Waals surface area contributed by atoms with E-state index in [1.165, 1.54) is 10.4 Å². The Labute approximate surface area is 120 Å². The highest BCUT2D eigenvalue weighted by Crippen LogP contribution is 2.33. The molecule has 1 N–H and O–H groups in total. The molecule has 0 saturated heterocycles. The molecule has 0 unspecified atom stereocenters. The summed E-state index contributed by atoms with van der Waals surface area (Å²) in [5.41, 5.74) is 2.34. The van der Waals surface area contributed by atoms with Crippen LogP contribution in [0.5, 0.6) is 5.75 Å². The Balaban J connectivity index is 1.76. The fourth-order valence-electron chi connectivity index (χ4n) is 1.79. The van der Waals surface area contributed by atoms with Gasteiger partial charge in [0.2, 0.25) is 0 Å². The van der Waals surface area contributed by atoms with Crippen molar-refractivity contribution in [2.45, 2.75) is 0 Å². The number of nitrogens with one attached hydrogen (secondary N) is 1. The number of rotatable bonds is 4. The van der Waals surface area contributed by atoms with Crippen molar-refractivity contribution in [2.75, 3.05) is 12.4 Å². The minimum atomic E-state index is 0.871. The van der Waals surface area contributed by atoms with E-state index in [-0.39, 0.29) is 0 Å². The Morgan fingerprint density at radius 1 is 1.05 bits per heavy atom. The maximum absolute atomic E-state index is 5.15. The SMILES string of the molecule is COc1ccc(Nc2cc(-c3cccs3)cs2)cc1. The van der Waals surface area contributed by atoms with Crippen LogP contribution >= 0.6 is 22.7 Å². The van der Waals surface area contributed by atoms with Crippen molar-refractivity contribution in [1.29, 1.82) is 0 Å². The summed E-state index contributed by atoms with van der Waals surface area (Å²) in [5.74, 6) is 0.871. The molecule has 96 valence electrons. The van der Waals surface area contributed by atoms with Crippen LogP contribution in [0, 0.1) is 0 Å². The summed E-state index contributed by atoms with van der Waals surface area (Å²) in [4.78, 5) is 1.30. The summed E-state index contributed by atoms with van der Waals surface area (Å²) in [6.07, 6.45) is 0. The summed E-state index contributed by atoms with van der Waals surface area (Å²) < 4.78 is 5.15. The fourth-order valence-corrected chi connectivity index (χ4v) is 3.40. The third-order valence-electron chi connectivity index (χ3n) is 2.76. The first kappa shape index (κ1) is 12.3. The molecule has 3 rings (SSSR count). The second kappa shape index (κ2) is 5.47. The Hall–Kier alpha value is -1.78. The molecule has 2 aromatic heterocycles. The van der Waals surface area contributed by atoms with E-state index in [4.69, 9.17) is 4.74 Å². The Morgan fingerprint density at radius 2 is 1.89 bits per heavy atom. The van der Waals surface area contributed by atoms with Crippen LogP contribution in [0.1, 0.15) is 0 Å². The molecule has 0 aliphatic rings. The molecule has 0 spiro atoms. The maximum Gasteiger partial charge on any atom is 0.119 e. The number of anilines is 2. The highest BCUT2D eigenvalue weighted by Gasteiger charge is 2.03. The minimum Gasteiger partial charge on any atom is -0.497 e. The van der Waals surface area contributed by atoms with E-state index in [1.54, 1.807) is 29.8 Å². The van der Waals surface area contributed by atoms with Crippen LogP contribution in [0.15, 0.2) is 53.2 Å².